The topological polar surface area (TPSA) is 263 Å². The molecule has 4 aliphatic rings. The van der Waals surface area contributed by atoms with Crippen molar-refractivity contribution in [3.8, 4) is 0 Å². The molecule has 0 saturated heterocycles. The highest BCUT2D eigenvalue weighted by atomic mass is 32.2. The summed E-state index contributed by atoms with van der Waals surface area (Å²) in [7, 11) is -23.6. The third-order valence-corrected chi connectivity index (χ3v) is 36.7. The third-order valence-electron chi connectivity index (χ3n) is 24.3. The molecule has 4 atom stereocenters. The first-order chi connectivity index (χ1) is 66.0. The number of hydrogen-bond acceptors (Lipinski definition) is 14. The van der Waals surface area contributed by atoms with E-state index in [1.165, 1.54) is 69.9 Å². The molecule has 0 heterocycles. The molecule has 4 fully saturated rings. The first-order valence-electron chi connectivity index (χ1n) is 42.8. The first kappa shape index (κ1) is 115. The van der Waals surface area contributed by atoms with Crippen molar-refractivity contribution in [3.05, 3.63) is 363 Å². The molecular weight excluding hydrogens is 2050 g/mol. The van der Waals surface area contributed by atoms with Crippen LogP contribution in [-0.2, 0) is 93.6 Å². The standard InChI is InChI=1S/2C19H17S.2C18H15S.2C10H16O4S.2C4HF9O3S/c2*1-16-12-14-19(15-13-16)20(17-8-4-2-5-9-17)18-10-6-3-7-11-18;2*1-4-10-16(11-5-1)19(17-12-6-2-7-13-17)18-14-8-3-9-15-18;2*1-9(2)7-3-4-10(9,8(11)5-7)6-15(12,13)14;2*5-1(6,3(9,10)11)2(7,8)4(12,13)17(14,15)16/h2*2-15H,1H3;2*1-15H;2*7H,3-6H2,1-2H3,(H,12,13,14);2*(H,14,15,16)/q4*+1;;;;/p-4. The van der Waals surface area contributed by atoms with E-state index in [4.69, 9.17) is 0 Å². The van der Waals surface area contributed by atoms with E-state index < -0.39 is 109 Å². The summed E-state index contributed by atoms with van der Waals surface area (Å²) in [5.41, 5.74) is 0.163. The minimum absolute atomic E-state index is 0.0146. The van der Waals surface area contributed by atoms with Crippen LogP contribution in [0.3, 0.4) is 0 Å². The number of carbonyl (C=O) groups excluding carboxylic acids is 2. The van der Waals surface area contributed by atoms with Crippen LogP contribution in [0.15, 0.2) is 411 Å². The first-order valence-corrected chi connectivity index (χ1v) is 53.7. The van der Waals surface area contributed by atoms with E-state index >= 15 is 0 Å². The third kappa shape index (κ3) is 26.7. The molecule has 40 heteroatoms. The summed E-state index contributed by atoms with van der Waals surface area (Å²) in [4.78, 5) is 40.1. The van der Waals surface area contributed by atoms with Gasteiger partial charge in [0.2, 0.25) is 0 Å². The van der Waals surface area contributed by atoms with Gasteiger partial charge in [-0.3, -0.25) is 9.59 Å². The van der Waals surface area contributed by atoms with Crippen molar-refractivity contribution in [3.63, 3.8) is 0 Å². The number of ketones is 2. The molecule has 4 unspecified atom stereocenters. The summed E-state index contributed by atoms with van der Waals surface area (Å²) in [5.74, 6) is -30.2. The number of rotatable bonds is 22. The average molecular weight is 2140 g/mol. The molecule has 0 N–H and O–H groups in total. The van der Waals surface area contributed by atoms with Gasteiger partial charge in [0, 0.05) is 23.7 Å². The molecule has 4 aliphatic carbocycles. The summed E-state index contributed by atoms with van der Waals surface area (Å²) in [6, 6.07) is 125. The lowest BCUT2D eigenvalue weighted by molar-refractivity contribution is -0.382. The van der Waals surface area contributed by atoms with Crippen LogP contribution in [-0.4, -0.2) is 122 Å². The molecule has 0 aliphatic heterocycles. The molecule has 12 aromatic rings. The molecule has 4 saturated carbocycles. The van der Waals surface area contributed by atoms with Gasteiger partial charge in [-0.25, -0.2) is 33.7 Å². The molecule has 0 radical (unpaired) electrons. The van der Waals surface area contributed by atoms with Gasteiger partial charge in [-0.15, -0.1) is 0 Å². The van der Waals surface area contributed by atoms with Crippen molar-refractivity contribution >= 4 is 95.6 Å². The van der Waals surface area contributed by atoms with Crippen molar-refractivity contribution in [1.29, 1.82) is 0 Å². The highest BCUT2D eigenvalue weighted by molar-refractivity contribution is 7.98. The van der Waals surface area contributed by atoms with Crippen LogP contribution in [0.2, 0.25) is 0 Å². The SMILES string of the molecule is CC1(C)C2CCC1(CS(=O)(=O)[O-])C(=O)C2.CC1(C)C2CCC1(CS(=O)(=O)[O-])C(=O)C2.Cc1ccc([S+](c2ccccc2)c2ccccc2)cc1.Cc1ccc([S+](c2ccccc2)c2ccccc2)cc1.O=S(=O)([O-])C(F)(F)C(F)(F)C(F)(F)C(F)(F)F.O=S(=O)([O-])C(F)(F)C(F)(F)C(F)(F)C(F)(F)F.c1ccc([S+](c2ccccc2)c2ccccc2)cc1.c1ccc([S+](c2ccccc2)c2ccccc2)cc1. The summed E-state index contributed by atoms with van der Waals surface area (Å²) in [6.45, 7) is 11.9. The number of Topliss-reactive ketones (excluding diaryl/α,β-unsaturated/α-hetero) is 2. The van der Waals surface area contributed by atoms with Crippen LogP contribution in [0.5, 0.6) is 0 Å². The van der Waals surface area contributed by atoms with Crippen LogP contribution in [0, 0.1) is 47.3 Å². The van der Waals surface area contributed by atoms with Gasteiger partial charge < -0.3 is 18.2 Å². The quantitative estimate of drug-likeness (QED) is 0.0347. The molecule has 4 bridgehead atoms. The highest BCUT2D eigenvalue weighted by Crippen LogP contribution is 2.66. The summed E-state index contributed by atoms with van der Waals surface area (Å²) in [5, 5.41) is -14.2. The Kier molecular flexibility index (Phi) is 37.7. The van der Waals surface area contributed by atoms with Crippen molar-refractivity contribution < 1.29 is 140 Å². The molecule has 760 valence electrons. The molecule has 0 spiro atoms. The lowest BCUT2D eigenvalue weighted by Gasteiger charge is -2.37. The summed E-state index contributed by atoms with van der Waals surface area (Å²) < 4.78 is 336. The second-order valence-electron chi connectivity index (χ2n) is 34.0. The van der Waals surface area contributed by atoms with Gasteiger partial charge in [-0.05, 0) is 208 Å². The maximum absolute atomic E-state index is 12.2. The summed E-state index contributed by atoms with van der Waals surface area (Å²) in [6.07, 6.45) is -10.6. The zero-order chi connectivity index (χ0) is 105. The number of fused-ring (bicyclic) bond motifs is 4. The van der Waals surface area contributed by atoms with Gasteiger partial charge in [-0.1, -0.05) is 245 Å². The van der Waals surface area contributed by atoms with E-state index in [-0.39, 0.29) is 77.8 Å². The van der Waals surface area contributed by atoms with Crippen LogP contribution in [0.25, 0.3) is 0 Å². The molecule has 16 rings (SSSR count). The van der Waals surface area contributed by atoms with Gasteiger partial charge in [0.25, 0.3) is 0 Å². The molecule has 0 amide bonds. The molecule has 14 nitrogen and oxygen atoms in total. The maximum Gasteiger partial charge on any atom is 0.460 e. The maximum atomic E-state index is 12.2. The Labute approximate surface area is 823 Å². The van der Waals surface area contributed by atoms with Crippen molar-refractivity contribution in [2.24, 2.45) is 33.5 Å². The van der Waals surface area contributed by atoms with E-state index in [9.17, 15) is 140 Å². The van der Waals surface area contributed by atoms with Crippen molar-refractivity contribution in [1.82, 2.24) is 0 Å². The van der Waals surface area contributed by atoms with Crippen LogP contribution in [0.4, 0.5) is 79.0 Å². The number of aryl methyl sites for hydroxylation is 2. The van der Waals surface area contributed by atoms with E-state index in [0.717, 1.165) is 12.8 Å². The van der Waals surface area contributed by atoms with Gasteiger partial charge in [0.15, 0.2) is 79.0 Å². The van der Waals surface area contributed by atoms with E-state index in [0.29, 0.717) is 25.7 Å². The Morgan fingerprint density at radius 1 is 0.261 bits per heavy atom. The Bertz CT molecular complexity index is 5930. The lowest BCUT2D eigenvalue weighted by Crippen LogP contribution is -2.63. The Hall–Kier alpha value is -10.2. The highest BCUT2D eigenvalue weighted by Gasteiger charge is 2.85. The lowest BCUT2D eigenvalue weighted by atomic mass is 9.70. The largest absolute Gasteiger partial charge is 0.748 e. The average Bonchev–Trinajstić information content (AvgIpc) is 1.54. The zero-order valence-corrected chi connectivity index (χ0v) is 82.6. The van der Waals surface area contributed by atoms with Gasteiger partial charge >= 0.3 is 46.6 Å². The zero-order valence-electron chi connectivity index (χ0n) is 76.1. The Balaban J connectivity index is 0.000000182. The Morgan fingerprint density at radius 3 is 0.535 bits per heavy atom. The number of benzene rings is 12. The number of alkyl halides is 18. The van der Waals surface area contributed by atoms with Crippen molar-refractivity contribution in [2.45, 2.75) is 185 Å². The minimum atomic E-state index is -7.43. The number of carbonyl (C=O) groups is 2. The van der Waals surface area contributed by atoms with Gasteiger partial charge in [-0.2, -0.15) is 79.0 Å². The molecule has 12 aromatic carbocycles. The summed E-state index contributed by atoms with van der Waals surface area (Å²) >= 11 is 0. The smallest absolute Gasteiger partial charge is 0.460 e. The van der Waals surface area contributed by atoms with Crippen LogP contribution < -0.4 is 0 Å². The molecule has 142 heavy (non-hydrogen) atoms. The molecular formula is C102H94F18O14S8. The van der Waals surface area contributed by atoms with E-state index in [1.807, 2.05) is 27.7 Å². The monoisotopic (exact) mass is 2140 g/mol. The number of hydrogen-bond donors (Lipinski definition) is 0. The van der Waals surface area contributed by atoms with Crippen LogP contribution >= 0.6 is 0 Å². The number of halogens is 18. The predicted molar refractivity (Wildman–Crippen MR) is 503 cm³/mol. The normalized spacial score (nSPS) is 17.9. The fraction of sp³-hybridized carbons (Fsp3) is 0.275. The van der Waals surface area contributed by atoms with Gasteiger partial charge in [0.1, 0.15) is 11.6 Å². The fourth-order valence-corrected chi connectivity index (χ4v) is 28.2. The predicted octanol–water partition coefficient (Wildman–Crippen LogP) is 25.5. The van der Waals surface area contributed by atoms with Crippen LogP contribution in [0.1, 0.15) is 77.3 Å². The van der Waals surface area contributed by atoms with Gasteiger partial charge in [0.05, 0.1) is 75.3 Å². The van der Waals surface area contributed by atoms with E-state index in [2.05, 4.69) is 366 Å². The fourth-order valence-electron chi connectivity index (χ4n) is 16.4. The molecule has 0 aromatic heterocycles. The Morgan fingerprint density at radius 2 is 0.415 bits per heavy atom. The second kappa shape index (κ2) is 46.4. The van der Waals surface area contributed by atoms with E-state index in [1.54, 1.807) is 0 Å². The minimum Gasteiger partial charge on any atom is -0.748 e. The van der Waals surface area contributed by atoms with Crippen molar-refractivity contribution in [2.75, 3.05) is 11.5 Å². The second-order valence-corrected chi connectivity index (χ2v) is 47.7.